The van der Waals surface area contributed by atoms with Crippen LogP contribution in [-0.2, 0) is 0 Å². The number of thiophene rings is 1. The third-order valence-corrected chi connectivity index (χ3v) is 3.70. The lowest BCUT2D eigenvalue weighted by molar-refractivity contribution is 0.373. The Morgan fingerprint density at radius 3 is 2.94 bits per heavy atom. The summed E-state index contributed by atoms with van der Waals surface area (Å²) >= 11 is 3.15. The van der Waals surface area contributed by atoms with Crippen LogP contribution in [0.2, 0.25) is 0 Å². The molecular formula is C10H12N4OS2. The molecular weight excluding hydrogens is 256 g/mol. The molecule has 0 amide bonds. The smallest absolute Gasteiger partial charge is 0.321 e. The van der Waals surface area contributed by atoms with Crippen LogP contribution >= 0.6 is 23.1 Å². The molecule has 0 fully saturated rings. The van der Waals surface area contributed by atoms with Crippen LogP contribution in [0.5, 0.6) is 6.01 Å². The van der Waals surface area contributed by atoms with Crippen molar-refractivity contribution < 1.29 is 4.74 Å². The second-order valence-corrected chi connectivity index (χ2v) is 5.21. The van der Waals surface area contributed by atoms with Gasteiger partial charge in [-0.3, -0.25) is 0 Å². The van der Waals surface area contributed by atoms with E-state index in [4.69, 9.17) is 4.74 Å². The number of aromatic nitrogens is 3. The second-order valence-electron chi connectivity index (χ2n) is 2.99. The lowest BCUT2D eigenvalue weighted by atomic mass is 10.7. The Morgan fingerprint density at radius 2 is 2.29 bits per heavy atom. The van der Waals surface area contributed by atoms with E-state index in [9.17, 15) is 0 Å². The molecule has 1 N–H and O–H groups in total. The number of hydrogen-bond acceptors (Lipinski definition) is 7. The summed E-state index contributed by atoms with van der Waals surface area (Å²) in [5.74, 6) is 0.540. The Morgan fingerprint density at radius 1 is 1.41 bits per heavy atom. The van der Waals surface area contributed by atoms with Crippen LogP contribution in [0.1, 0.15) is 6.92 Å². The fourth-order valence-electron chi connectivity index (χ4n) is 1.12. The molecule has 0 bridgehead atoms. The number of nitrogens with zero attached hydrogens (tertiary/aromatic N) is 3. The van der Waals surface area contributed by atoms with E-state index in [0.29, 0.717) is 17.1 Å². The highest BCUT2D eigenvalue weighted by Gasteiger charge is 2.08. The quantitative estimate of drug-likeness (QED) is 0.899. The molecule has 0 saturated carbocycles. The number of hydrogen-bond donors (Lipinski definition) is 1. The summed E-state index contributed by atoms with van der Waals surface area (Å²) in [6.45, 7) is 2.75. The van der Waals surface area contributed by atoms with Crippen LogP contribution in [0.4, 0.5) is 5.95 Å². The second kappa shape index (κ2) is 5.83. The average molecular weight is 268 g/mol. The van der Waals surface area contributed by atoms with Crippen molar-refractivity contribution in [3.05, 3.63) is 17.5 Å². The molecule has 0 aliphatic rings. The lowest BCUT2D eigenvalue weighted by Crippen LogP contribution is -2.05. The summed E-state index contributed by atoms with van der Waals surface area (Å²) < 4.78 is 6.19. The van der Waals surface area contributed by atoms with Gasteiger partial charge in [0.2, 0.25) is 11.1 Å². The van der Waals surface area contributed by atoms with Crippen molar-refractivity contribution >= 4 is 29.0 Å². The maximum atomic E-state index is 5.05. The van der Waals surface area contributed by atoms with Crippen LogP contribution in [0.3, 0.4) is 0 Å². The van der Waals surface area contributed by atoms with E-state index in [0.717, 1.165) is 10.8 Å². The van der Waals surface area contributed by atoms with Gasteiger partial charge in [0.05, 0.1) is 11.3 Å². The van der Waals surface area contributed by atoms with Gasteiger partial charge in [-0.25, -0.2) is 0 Å². The topological polar surface area (TPSA) is 59.9 Å². The molecule has 0 aromatic carbocycles. The number of methoxy groups -OCH3 is 1. The molecule has 2 rings (SSSR count). The van der Waals surface area contributed by atoms with Gasteiger partial charge in [-0.2, -0.15) is 15.0 Å². The monoisotopic (exact) mass is 268 g/mol. The van der Waals surface area contributed by atoms with Crippen molar-refractivity contribution in [3.8, 4) is 6.01 Å². The van der Waals surface area contributed by atoms with E-state index in [1.54, 1.807) is 18.4 Å². The first-order valence-corrected chi connectivity index (χ1v) is 6.76. The number of ether oxygens (including phenoxy) is 1. The van der Waals surface area contributed by atoms with E-state index in [-0.39, 0.29) is 0 Å². The highest BCUT2D eigenvalue weighted by molar-refractivity contribution is 8.01. The SMILES string of the molecule is CCNc1nc(OC)nc(Sc2cccs2)n1. The molecule has 7 heteroatoms. The van der Waals surface area contributed by atoms with E-state index >= 15 is 0 Å². The van der Waals surface area contributed by atoms with Crippen LogP contribution < -0.4 is 10.1 Å². The third kappa shape index (κ3) is 3.31. The van der Waals surface area contributed by atoms with Crippen molar-refractivity contribution in [1.29, 1.82) is 0 Å². The Hall–Kier alpha value is -1.34. The zero-order chi connectivity index (χ0) is 12.1. The van der Waals surface area contributed by atoms with Gasteiger partial charge in [-0.1, -0.05) is 6.07 Å². The fraction of sp³-hybridized carbons (Fsp3) is 0.300. The maximum absolute atomic E-state index is 5.05. The summed E-state index contributed by atoms with van der Waals surface area (Å²) in [4.78, 5) is 12.6. The van der Waals surface area contributed by atoms with E-state index in [1.165, 1.54) is 11.8 Å². The minimum atomic E-state index is 0.329. The number of anilines is 1. The molecule has 0 unspecified atom stereocenters. The first-order valence-electron chi connectivity index (χ1n) is 5.07. The predicted octanol–water partition coefficient (Wildman–Crippen LogP) is 2.52. The summed E-state index contributed by atoms with van der Waals surface area (Å²) in [6, 6.07) is 4.35. The van der Waals surface area contributed by atoms with Crippen LogP contribution in [-0.4, -0.2) is 28.6 Å². The van der Waals surface area contributed by atoms with Crippen molar-refractivity contribution in [2.75, 3.05) is 19.0 Å². The minimum Gasteiger partial charge on any atom is -0.467 e. The molecule has 5 nitrogen and oxygen atoms in total. The van der Waals surface area contributed by atoms with Gasteiger partial charge in [0, 0.05) is 6.54 Å². The Balaban J connectivity index is 2.23. The lowest BCUT2D eigenvalue weighted by Gasteiger charge is -2.05. The Kier molecular flexibility index (Phi) is 4.16. The van der Waals surface area contributed by atoms with Gasteiger partial charge >= 0.3 is 6.01 Å². The Labute approximate surface area is 108 Å². The van der Waals surface area contributed by atoms with Gasteiger partial charge in [-0.15, -0.1) is 11.3 Å². The van der Waals surface area contributed by atoms with E-state index in [1.807, 2.05) is 24.4 Å². The normalized spacial score (nSPS) is 10.2. The molecule has 0 atom stereocenters. The van der Waals surface area contributed by atoms with Crippen LogP contribution in [0.25, 0.3) is 0 Å². The molecule has 0 radical (unpaired) electrons. The minimum absolute atomic E-state index is 0.329. The van der Waals surface area contributed by atoms with Crippen molar-refractivity contribution in [1.82, 2.24) is 15.0 Å². The number of nitrogens with one attached hydrogen (secondary N) is 1. The highest BCUT2D eigenvalue weighted by atomic mass is 32.2. The van der Waals surface area contributed by atoms with Crippen LogP contribution in [0, 0.1) is 0 Å². The molecule has 0 spiro atoms. The first kappa shape index (κ1) is 12.1. The molecule has 2 aromatic heterocycles. The zero-order valence-corrected chi connectivity index (χ0v) is 11.1. The van der Waals surface area contributed by atoms with Gasteiger partial charge in [0.25, 0.3) is 0 Å². The molecule has 0 aliphatic carbocycles. The van der Waals surface area contributed by atoms with Gasteiger partial charge in [-0.05, 0) is 30.1 Å². The highest BCUT2D eigenvalue weighted by Crippen LogP contribution is 2.29. The van der Waals surface area contributed by atoms with E-state index in [2.05, 4.69) is 20.3 Å². The largest absolute Gasteiger partial charge is 0.467 e. The van der Waals surface area contributed by atoms with Gasteiger partial charge < -0.3 is 10.1 Å². The molecule has 2 aromatic rings. The molecule has 90 valence electrons. The summed E-state index contributed by atoms with van der Waals surface area (Å²) in [7, 11) is 1.55. The fourth-order valence-corrected chi connectivity index (χ4v) is 2.74. The zero-order valence-electron chi connectivity index (χ0n) is 9.51. The molecule has 17 heavy (non-hydrogen) atoms. The molecule has 2 heterocycles. The summed E-state index contributed by atoms with van der Waals surface area (Å²) in [6.07, 6.45) is 0. The maximum Gasteiger partial charge on any atom is 0.321 e. The molecule has 0 saturated heterocycles. The van der Waals surface area contributed by atoms with E-state index < -0.39 is 0 Å². The van der Waals surface area contributed by atoms with Crippen molar-refractivity contribution in [2.24, 2.45) is 0 Å². The van der Waals surface area contributed by atoms with Crippen LogP contribution in [0.15, 0.2) is 26.9 Å². The average Bonchev–Trinajstić information content (AvgIpc) is 2.82. The standard InChI is InChI=1S/C10H12N4OS2/c1-3-11-8-12-9(15-2)14-10(13-8)17-7-5-4-6-16-7/h4-6H,3H2,1-2H3,(H,11,12,13,14). The van der Waals surface area contributed by atoms with Crippen molar-refractivity contribution in [2.45, 2.75) is 16.3 Å². The van der Waals surface area contributed by atoms with Crippen molar-refractivity contribution in [3.63, 3.8) is 0 Å². The summed E-state index contributed by atoms with van der Waals surface area (Å²) in [5.41, 5.74) is 0. The van der Waals surface area contributed by atoms with Gasteiger partial charge in [0.1, 0.15) is 0 Å². The third-order valence-electron chi connectivity index (χ3n) is 1.80. The number of rotatable bonds is 5. The molecule has 0 aliphatic heterocycles. The summed E-state index contributed by atoms with van der Waals surface area (Å²) in [5, 5.41) is 5.70. The Bertz CT molecular complexity index is 475. The predicted molar refractivity (Wildman–Crippen MR) is 69.0 cm³/mol. The first-order chi connectivity index (χ1) is 8.31. The van der Waals surface area contributed by atoms with Gasteiger partial charge in [0.15, 0.2) is 0 Å².